The van der Waals surface area contributed by atoms with Crippen molar-refractivity contribution in [1.29, 1.82) is 0 Å². The highest BCUT2D eigenvalue weighted by atomic mass is 14.9. The van der Waals surface area contributed by atoms with Crippen LogP contribution in [0.25, 0.3) is 0 Å². The summed E-state index contributed by atoms with van der Waals surface area (Å²) in [5.41, 5.74) is 0. The minimum Gasteiger partial charge on any atom is -0.313 e. The molecule has 1 saturated carbocycles. The molecule has 1 fully saturated rings. The molecule has 0 aromatic carbocycles. The van der Waals surface area contributed by atoms with Gasteiger partial charge < -0.3 is 5.32 Å². The number of hydrogen-bond acceptors (Lipinski definition) is 1. The van der Waals surface area contributed by atoms with Crippen LogP contribution < -0.4 is 5.32 Å². The van der Waals surface area contributed by atoms with Gasteiger partial charge in [-0.2, -0.15) is 0 Å². The lowest BCUT2D eigenvalue weighted by atomic mass is 9.93. The summed E-state index contributed by atoms with van der Waals surface area (Å²) in [4.78, 5) is 0. The molecule has 0 aliphatic heterocycles. The second kappa shape index (κ2) is 5.16. The molecule has 2 aliphatic rings. The van der Waals surface area contributed by atoms with Crippen LogP contribution in [-0.4, -0.2) is 12.6 Å². The Morgan fingerprint density at radius 2 is 2.00 bits per heavy atom. The van der Waals surface area contributed by atoms with Crippen LogP contribution in [0.1, 0.15) is 46.0 Å². The van der Waals surface area contributed by atoms with Crippen molar-refractivity contribution in [2.75, 3.05) is 6.54 Å². The van der Waals surface area contributed by atoms with E-state index in [2.05, 4.69) is 31.3 Å². The second-order valence-corrected chi connectivity index (χ2v) is 5.58. The molecule has 0 amide bonds. The molecule has 4 unspecified atom stereocenters. The molecular formula is C14H25N. The molecule has 0 bridgehead atoms. The van der Waals surface area contributed by atoms with E-state index in [-0.39, 0.29) is 0 Å². The second-order valence-electron chi connectivity index (χ2n) is 5.58. The minimum absolute atomic E-state index is 0.797. The lowest BCUT2D eigenvalue weighted by molar-refractivity contribution is 0.338. The third-order valence-corrected chi connectivity index (χ3v) is 4.51. The molecule has 0 spiro atoms. The summed E-state index contributed by atoms with van der Waals surface area (Å²) in [6.07, 6.45) is 11.5. The zero-order chi connectivity index (χ0) is 10.7. The van der Waals surface area contributed by atoms with Crippen LogP contribution in [0.3, 0.4) is 0 Å². The van der Waals surface area contributed by atoms with E-state index in [4.69, 9.17) is 0 Å². The molecular weight excluding hydrogens is 182 g/mol. The third-order valence-electron chi connectivity index (χ3n) is 4.51. The zero-order valence-corrected chi connectivity index (χ0v) is 10.2. The van der Waals surface area contributed by atoms with Crippen LogP contribution in [0.2, 0.25) is 0 Å². The van der Waals surface area contributed by atoms with Gasteiger partial charge in [0.15, 0.2) is 0 Å². The standard InChI is InChI=1S/C14H25N/c1-11-8-9-14(12(11)2)15-10-13-6-4-3-5-7-13/h3-4,11-15H,5-10H2,1-2H3. The highest BCUT2D eigenvalue weighted by molar-refractivity contribution is 4.92. The molecule has 0 heterocycles. The fourth-order valence-electron chi connectivity index (χ4n) is 3.01. The Balaban J connectivity index is 1.71. The van der Waals surface area contributed by atoms with E-state index in [1.165, 1.54) is 38.6 Å². The van der Waals surface area contributed by atoms with E-state index in [0.29, 0.717) is 0 Å². The van der Waals surface area contributed by atoms with E-state index in [9.17, 15) is 0 Å². The summed E-state index contributed by atoms with van der Waals surface area (Å²) in [6.45, 7) is 6.05. The minimum atomic E-state index is 0.797. The van der Waals surface area contributed by atoms with Gasteiger partial charge in [0, 0.05) is 6.04 Å². The number of rotatable bonds is 3. The molecule has 1 heteroatoms. The Morgan fingerprint density at radius 3 is 2.60 bits per heavy atom. The molecule has 2 rings (SSSR count). The summed E-state index contributed by atoms with van der Waals surface area (Å²) in [6, 6.07) is 0.797. The van der Waals surface area contributed by atoms with E-state index in [0.717, 1.165) is 23.8 Å². The number of hydrogen-bond donors (Lipinski definition) is 1. The van der Waals surface area contributed by atoms with Gasteiger partial charge in [0.2, 0.25) is 0 Å². The predicted molar refractivity (Wildman–Crippen MR) is 65.8 cm³/mol. The van der Waals surface area contributed by atoms with E-state index < -0.39 is 0 Å². The Bertz CT molecular complexity index is 221. The topological polar surface area (TPSA) is 12.0 Å². The fourth-order valence-corrected chi connectivity index (χ4v) is 3.01. The van der Waals surface area contributed by atoms with E-state index in [1.54, 1.807) is 0 Å². The normalized spacial score (nSPS) is 40.9. The van der Waals surface area contributed by atoms with Gasteiger partial charge in [0.05, 0.1) is 0 Å². The number of nitrogens with one attached hydrogen (secondary N) is 1. The van der Waals surface area contributed by atoms with Gasteiger partial charge in [-0.3, -0.25) is 0 Å². The van der Waals surface area contributed by atoms with Crippen molar-refractivity contribution in [2.24, 2.45) is 17.8 Å². The monoisotopic (exact) mass is 207 g/mol. The summed E-state index contributed by atoms with van der Waals surface area (Å²) in [5, 5.41) is 3.80. The van der Waals surface area contributed by atoms with Crippen molar-refractivity contribution < 1.29 is 0 Å². The van der Waals surface area contributed by atoms with Gasteiger partial charge >= 0.3 is 0 Å². The maximum atomic E-state index is 3.80. The highest BCUT2D eigenvalue weighted by Gasteiger charge is 2.29. The van der Waals surface area contributed by atoms with Gasteiger partial charge in [-0.05, 0) is 56.4 Å². The van der Waals surface area contributed by atoms with Crippen LogP contribution in [0, 0.1) is 17.8 Å². The van der Waals surface area contributed by atoms with E-state index >= 15 is 0 Å². The summed E-state index contributed by atoms with van der Waals surface area (Å²) < 4.78 is 0. The molecule has 0 aromatic heterocycles. The fraction of sp³-hybridized carbons (Fsp3) is 0.857. The first kappa shape index (κ1) is 11.2. The molecule has 1 N–H and O–H groups in total. The van der Waals surface area contributed by atoms with Crippen molar-refractivity contribution in [3.05, 3.63) is 12.2 Å². The van der Waals surface area contributed by atoms with Crippen LogP contribution in [0.15, 0.2) is 12.2 Å². The first-order valence-electron chi connectivity index (χ1n) is 6.65. The van der Waals surface area contributed by atoms with Crippen LogP contribution in [0.4, 0.5) is 0 Å². The molecule has 15 heavy (non-hydrogen) atoms. The Hall–Kier alpha value is -0.300. The quantitative estimate of drug-likeness (QED) is 0.700. The van der Waals surface area contributed by atoms with Gasteiger partial charge in [-0.15, -0.1) is 0 Å². The first-order chi connectivity index (χ1) is 7.27. The van der Waals surface area contributed by atoms with Crippen molar-refractivity contribution in [3.8, 4) is 0 Å². The average Bonchev–Trinajstić information content (AvgIpc) is 2.59. The smallest absolute Gasteiger partial charge is 0.00954 e. The summed E-state index contributed by atoms with van der Waals surface area (Å²) in [5.74, 6) is 2.70. The van der Waals surface area contributed by atoms with Crippen molar-refractivity contribution in [3.63, 3.8) is 0 Å². The summed E-state index contributed by atoms with van der Waals surface area (Å²) >= 11 is 0. The zero-order valence-electron chi connectivity index (χ0n) is 10.2. The van der Waals surface area contributed by atoms with Crippen LogP contribution in [-0.2, 0) is 0 Å². The van der Waals surface area contributed by atoms with Crippen molar-refractivity contribution >= 4 is 0 Å². The van der Waals surface area contributed by atoms with Gasteiger partial charge in [-0.25, -0.2) is 0 Å². The lowest BCUT2D eigenvalue weighted by Gasteiger charge is -2.24. The highest BCUT2D eigenvalue weighted by Crippen LogP contribution is 2.31. The maximum absolute atomic E-state index is 3.80. The van der Waals surface area contributed by atoms with Gasteiger partial charge in [-0.1, -0.05) is 26.0 Å². The maximum Gasteiger partial charge on any atom is 0.00954 e. The largest absolute Gasteiger partial charge is 0.313 e. The van der Waals surface area contributed by atoms with Gasteiger partial charge in [0.25, 0.3) is 0 Å². The third kappa shape index (κ3) is 2.84. The van der Waals surface area contributed by atoms with Crippen LogP contribution >= 0.6 is 0 Å². The number of allylic oxidation sites excluding steroid dienone is 2. The Kier molecular flexibility index (Phi) is 3.85. The first-order valence-corrected chi connectivity index (χ1v) is 6.65. The predicted octanol–water partition coefficient (Wildman–Crippen LogP) is 3.37. The average molecular weight is 207 g/mol. The molecule has 2 aliphatic carbocycles. The molecule has 4 atom stereocenters. The SMILES string of the molecule is CC1CCC(NCC2CC=CCC2)C1C. The molecule has 0 aromatic rings. The van der Waals surface area contributed by atoms with Crippen molar-refractivity contribution in [2.45, 2.75) is 52.0 Å². The van der Waals surface area contributed by atoms with Gasteiger partial charge in [0.1, 0.15) is 0 Å². The Labute approximate surface area is 94.3 Å². The molecule has 1 nitrogen and oxygen atoms in total. The Morgan fingerprint density at radius 1 is 1.13 bits per heavy atom. The van der Waals surface area contributed by atoms with E-state index in [1.807, 2.05) is 0 Å². The van der Waals surface area contributed by atoms with Crippen LogP contribution in [0.5, 0.6) is 0 Å². The van der Waals surface area contributed by atoms with Crippen molar-refractivity contribution in [1.82, 2.24) is 5.32 Å². The molecule has 0 saturated heterocycles. The molecule has 86 valence electrons. The summed E-state index contributed by atoms with van der Waals surface area (Å²) in [7, 11) is 0. The molecule has 0 radical (unpaired) electrons. The lowest BCUT2D eigenvalue weighted by Crippen LogP contribution is -2.36.